The van der Waals surface area contributed by atoms with Crippen molar-refractivity contribution in [3.63, 3.8) is 0 Å². The number of benzene rings is 6. The molecule has 2 heteroatoms. The predicted molar refractivity (Wildman–Crippen MR) is 149 cm³/mol. The Kier molecular flexibility index (Phi) is 3.97. The third-order valence-electron chi connectivity index (χ3n) is 7.27. The lowest BCUT2D eigenvalue weighted by molar-refractivity contribution is 0.653. The summed E-state index contributed by atoms with van der Waals surface area (Å²) in [6, 6.07) is 42.7. The standard InChI is InChI=1S/C34H20O2/c1-2-10-21(11-3-1)31-23-12-4-6-14-25(23)32(26-15-7-5-13-24(26)31)22-18-19-30-28(20-22)34-33(36-30)27-16-8-9-17-29(27)35-34/h1-20H. The average molecular weight is 461 g/mol. The molecule has 0 aliphatic heterocycles. The zero-order valence-electron chi connectivity index (χ0n) is 19.4. The van der Waals surface area contributed by atoms with Gasteiger partial charge in [-0.05, 0) is 68.1 Å². The molecule has 0 bridgehead atoms. The molecule has 0 N–H and O–H groups in total. The minimum absolute atomic E-state index is 0.808. The van der Waals surface area contributed by atoms with Crippen molar-refractivity contribution in [2.45, 2.75) is 0 Å². The molecule has 2 nitrogen and oxygen atoms in total. The SMILES string of the molecule is c1ccc(-c2c3ccccc3c(-c3ccc4oc5c6ccccc6oc5c4c3)c3ccccc23)cc1. The highest BCUT2D eigenvalue weighted by Gasteiger charge is 2.19. The molecule has 0 amide bonds. The summed E-state index contributed by atoms with van der Waals surface area (Å²) >= 11 is 0. The lowest BCUT2D eigenvalue weighted by Crippen LogP contribution is -1.90. The van der Waals surface area contributed by atoms with Crippen molar-refractivity contribution in [3.8, 4) is 22.3 Å². The van der Waals surface area contributed by atoms with Crippen molar-refractivity contribution in [2.24, 2.45) is 0 Å². The van der Waals surface area contributed by atoms with Crippen molar-refractivity contribution < 1.29 is 8.83 Å². The summed E-state index contributed by atoms with van der Waals surface area (Å²) in [6.07, 6.45) is 0. The van der Waals surface area contributed by atoms with E-state index < -0.39 is 0 Å². The second-order valence-electron chi connectivity index (χ2n) is 9.28. The van der Waals surface area contributed by atoms with Crippen LogP contribution in [0.4, 0.5) is 0 Å². The van der Waals surface area contributed by atoms with Gasteiger partial charge in [-0.15, -0.1) is 0 Å². The molecule has 2 aromatic heterocycles. The lowest BCUT2D eigenvalue weighted by atomic mass is 9.86. The average Bonchev–Trinajstić information content (AvgIpc) is 3.48. The third-order valence-corrected chi connectivity index (χ3v) is 7.27. The number of hydrogen-bond acceptors (Lipinski definition) is 2. The molecule has 8 aromatic rings. The Hall–Kier alpha value is -4.82. The van der Waals surface area contributed by atoms with Crippen LogP contribution in [0.5, 0.6) is 0 Å². The Labute approximate surface area is 207 Å². The zero-order chi connectivity index (χ0) is 23.6. The van der Waals surface area contributed by atoms with E-state index >= 15 is 0 Å². The normalized spacial score (nSPS) is 11.9. The molecule has 0 fully saturated rings. The van der Waals surface area contributed by atoms with E-state index in [1.807, 2.05) is 24.3 Å². The highest BCUT2D eigenvalue weighted by molar-refractivity contribution is 6.22. The van der Waals surface area contributed by atoms with E-state index in [0.717, 1.165) is 38.7 Å². The Morgan fingerprint density at radius 2 is 0.806 bits per heavy atom. The smallest absolute Gasteiger partial charge is 0.181 e. The first kappa shape index (κ1) is 19.5. The number of fused-ring (bicyclic) bond motifs is 7. The molecule has 0 saturated carbocycles. The highest BCUT2D eigenvalue weighted by atomic mass is 16.4. The van der Waals surface area contributed by atoms with Gasteiger partial charge >= 0.3 is 0 Å². The van der Waals surface area contributed by atoms with Crippen LogP contribution in [-0.2, 0) is 0 Å². The quantitative estimate of drug-likeness (QED) is 0.240. The summed E-state index contributed by atoms with van der Waals surface area (Å²) in [5, 5.41) is 6.97. The summed E-state index contributed by atoms with van der Waals surface area (Å²) in [5.74, 6) is 0. The maximum atomic E-state index is 6.25. The molecular weight excluding hydrogens is 440 g/mol. The largest absolute Gasteiger partial charge is 0.452 e. The van der Waals surface area contributed by atoms with Gasteiger partial charge in [0.1, 0.15) is 11.2 Å². The first-order chi connectivity index (χ1) is 17.9. The fraction of sp³-hybridized carbons (Fsp3) is 0. The van der Waals surface area contributed by atoms with Crippen LogP contribution in [0.2, 0.25) is 0 Å². The number of para-hydroxylation sites is 1. The Balaban J connectivity index is 1.49. The van der Waals surface area contributed by atoms with Crippen LogP contribution in [0.1, 0.15) is 0 Å². The van der Waals surface area contributed by atoms with Crippen molar-refractivity contribution >= 4 is 54.6 Å². The van der Waals surface area contributed by atoms with E-state index in [1.165, 1.54) is 38.2 Å². The minimum Gasteiger partial charge on any atom is -0.452 e. The fourth-order valence-electron chi connectivity index (χ4n) is 5.72. The van der Waals surface area contributed by atoms with E-state index in [-0.39, 0.29) is 0 Å². The van der Waals surface area contributed by atoms with Gasteiger partial charge in [0.15, 0.2) is 11.2 Å². The van der Waals surface area contributed by atoms with Crippen LogP contribution in [0.25, 0.3) is 76.9 Å². The first-order valence-electron chi connectivity index (χ1n) is 12.2. The zero-order valence-corrected chi connectivity index (χ0v) is 19.4. The van der Waals surface area contributed by atoms with E-state index in [2.05, 4.69) is 97.1 Å². The molecule has 0 atom stereocenters. The lowest BCUT2D eigenvalue weighted by Gasteiger charge is -2.17. The summed E-state index contributed by atoms with van der Waals surface area (Å²) in [5.41, 5.74) is 8.19. The van der Waals surface area contributed by atoms with Gasteiger partial charge in [0, 0.05) is 0 Å². The molecule has 0 unspecified atom stereocenters. The van der Waals surface area contributed by atoms with Gasteiger partial charge in [0.25, 0.3) is 0 Å². The van der Waals surface area contributed by atoms with Crippen molar-refractivity contribution in [3.05, 3.63) is 121 Å². The topological polar surface area (TPSA) is 26.3 Å². The second kappa shape index (κ2) is 7.34. The first-order valence-corrected chi connectivity index (χ1v) is 12.2. The second-order valence-corrected chi connectivity index (χ2v) is 9.28. The van der Waals surface area contributed by atoms with Gasteiger partial charge in [-0.2, -0.15) is 0 Å². The van der Waals surface area contributed by atoms with E-state index in [0.29, 0.717) is 0 Å². The number of furan rings is 2. The van der Waals surface area contributed by atoms with Gasteiger partial charge in [-0.3, -0.25) is 0 Å². The molecule has 0 saturated heterocycles. The fourth-order valence-corrected chi connectivity index (χ4v) is 5.72. The van der Waals surface area contributed by atoms with Gasteiger partial charge < -0.3 is 8.83 Å². The molecule has 0 radical (unpaired) electrons. The molecule has 0 spiro atoms. The van der Waals surface area contributed by atoms with Gasteiger partial charge in [0.05, 0.1) is 10.8 Å². The number of hydrogen-bond donors (Lipinski definition) is 0. The molecular formula is C34H20O2. The predicted octanol–water partition coefficient (Wildman–Crippen LogP) is 9.97. The third kappa shape index (κ3) is 2.67. The van der Waals surface area contributed by atoms with Gasteiger partial charge in [-0.25, -0.2) is 0 Å². The molecule has 8 rings (SSSR count). The van der Waals surface area contributed by atoms with Crippen LogP contribution < -0.4 is 0 Å². The van der Waals surface area contributed by atoms with Gasteiger partial charge in [0.2, 0.25) is 0 Å². The van der Waals surface area contributed by atoms with Crippen LogP contribution in [0.3, 0.4) is 0 Å². The summed E-state index contributed by atoms with van der Waals surface area (Å²) < 4.78 is 12.5. The van der Waals surface area contributed by atoms with Crippen molar-refractivity contribution in [1.29, 1.82) is 0 Å². The minimum atomic E-state index is 0.808. The maximum Gasteiger partial charge on any atom is 0.181 e. The van der Waals surface area contributed by atoms with E-state index in [1.54, 1.807) is 0 Å². The van der Waals surface area contributed by atoms with Crippen molar-refractivity contribution in [1.82, 2.24) is 0 Å². The van der Waals surface area contributed by atoms with Crippen LogP contribution in [0.15, 0.2) is 130 Å². The highest BCUT2D eigenvalue weighted by Crippen LogP contribution is 2.45. The molecule has 0 aliphatic rings. The molecule has 6 aromatic carbocycles. The summed E-state index contributed by atoms with van der Waals surface area (Å²) in [6.45, 7) is 0. The monoisotopic (exact) mass is 460 g/mol. The summed E-state index contributed by atoms with van der Waals surface area (Å²) in [7, 11) is 0. The van der Waals surface area contributed by atoms with Crippen LogP contribution in [0, 0.1) is 0 Å². The molecule has 0 aliphatic carbocycles. The molecule has 36 heavy (non-hydrogen) atoms. The Morgan fingerprint density at radius 1 is 0.333 bits per heavy atom. The molecule has 168 valence electrons. The van der Waals surface area contributed by atoms with E-state index in [4.69, 9.17) is 8.83 Å². The maximum absolute atomic E-state index is 6.25. The van der Waals surface area contributed by atoms with Crippen LogP contribution >= 0.6 is 0 Å². The van der Waals surface area contributed by atoms with Gasteiger partial charge in [-0.1, -0.05) is 97.1 Å². The molecule has 2 heterocycles. The Morgan fingerprint density at radius 3 is 1.44 bits per heavy atom. The summed E-state index contributed by atoms with van der Waals surface area (Å²) in [4.78, 5) is 0. The van der Waals surface area contributed by atoms with Crippen LogP contribution in [-0.4, -0.2) is 0 Å². The Bertz CT molecular complexity index is 2030. The van der Waals surface area contributed by atoms with E-state index in [9.17, 15) is 0 Å². The van der Waals surface area contributed by atoms with Crippen molar-refractivity contribution in [2.75, 3.05) is 0 Å². The number of rotatable bonds is 2.